The van der Waals surface area contributed by atoms with Crippen molar-refractivity contribution in [3.8, 4) is 11.4 Å². The summed E-state index contributed by atoms with van der Waals surface area (Å²) in [7, 11) is 0. The van der Waals surface area contributed by atoms with Gasteiger partial charge >= 0.3 is 6.03 Å². The molecule has 2 amide bonds. The molecule has 2 heterocycles. The highest BCUT2D eigenvalue weighted by atomic mass is 35.5. The predicted octanol–water partition coefficient (Wildman–Crippen LogP) is 7.05. The number of anilines is 1. The molecule has 1 aliphatic rings. The minimum absolute atomic E-state index is 0.276. The maximum Gasteiger partial charge on any atom is 0.326 e. The Labute approximate surface area is 206 Å². The van der Waals surface area contributed by atoms with Gasteiger partial charge in [0, 0.05) is 21.3 Å². The summed E-state index contributed by atoms with van der Waals surface area (Å²) in [5.74, 6) is 0.798. The van der Waals surface area contributed by atoms with Crippen molar-refractivity contribution in [2.45, 2.75) is 19.9 Å². The van der Waals surface area contributed by atoms with Gasteiger partial charge in [0.2, 0.25) is 5.82 Å². The second-order valence-corrected chi connectivity index (χ2v) is 8.91. The molecule has 0 radical (unpaired) electrons. The standard InChI is InChI=1S/C26H20Cl2N4O2/c1-15-3-5-18(6-4-15)24-30-25(34-31-24)22-16(2)32(21-13-11-20(28)12-14-21)26(33)29-23(22)17-7-9-19(27)10-8-17/h3-14,23H,1-2H3,(H,29,33). The number of carbonyl (C=O) groups is 1. The number of hydrogen-bond acceptors (Lipinski definition) is 4. The molecule has 1 aromatic heterocycles. The second kappa shape index (κ2) is 8.97. The molecule has 4 aromatic rings. The molecular weight excluding hydrogens is 471 g/mol. The van der Waals surface area contributed by atoms with Crippen molar-refractivity contribution < 1.29 is 9.32 Å². The first-order valence-electron chi connectivity index (χ1n) is 10.6. The summed E-state index contributed by atoms with van der Waals surface area (Å²) in [5, 5.41) is 8.47. The second-order valence-electron chi connectivity index (χ2n) is 8.03. The molecule has 0 spiro atoms. The predicted molar refractivity (Wildman–Crippen MR) is 134 cm³/mol. The number of halogens is 2. The average molecular weight is 491 g/mol. The number of aromatic nitrogens is 2. The summed E-state index contributed by atoms with van der Waals surface area (Å²) in [6.07, 6.45) is 0. The highest BCUT2D eigenvalue weighted by Gasteiger charge is 2.36. The van der Waals surface area contributed by atoms with Crippen molar-refractivity contribution in [1.29, 1.82) is 0 Å². The van der Waals surface area contributed by atoms with E-state index >= 15 is 0 Å². The van der Waals surface area contributed by atoms with E-state index in [1.54, 1.807) is 41.3 Å². The molecule has 0 aliphatic carbocycles. The fourth-order valence-electron chi connectivity index (χ4n) is 3.98. The Balaban J connectivity index is 1.64. The third-order valence-corrected chi connectivity index (χ3v) is 6.24. The SMILES string of the molecule is CC1=C(c2nc(-c3ccc(C)cc3)no2)C(c2ccc(Cl)cc2)NC(=O)N1c1ccc(Cl)cc1. The van der Waals surface area contributed by atoms with Crippen molar-refractivity contribution in [2.75, 3.05) is 4.90 Å². The van der Waals surface area contributed by atoms with Crippen LogP contribution in [0.25, 0.3) is 17.0 Å². The number of amides is 2. The zero-order chi connectivity index (χ0) is 23.8. The van der Waals surface area contributed by atoms with Crippen molar-refractivity contribution in [2.24, 2.45) is 0 Å². The van der Waals surface area contributed by atoms with E-state index in [1.165, 1.54) is 0 Å². The normalized spacial score (nSPS) is 16.1. The van der Waals surface area contributed by atoms with E-state index in [-0.39, 0.29) is 6.03 Å². The number of aryl methyl sites for hydroxylation is 1. The minimum atomic E-state index is -0.500. The molecule has 1 N–H and O–H groups in total. The largest absolute Gasteiger partial charge is 0.334 e. The lowest BCUT2D eigenvalue weighted by Crippen LogP contribution is -2.46. The Kier molecular flexibility index (Phi) is 5.86. The number of nitrogens with one attached hydrogen (secondary N) is 1. The van der Waals surface area contributed by atoms with E-state index in [4.69, 9.17) is 27.7 Å². The molecule has 0 bridgehead atoms. The lowest BCUT2D eigenvalue weighted by atomic mass is 9.94. The Bertz CT molecular complexity index is 1380. The first kappa shape index (κ1) is 22.2. The first-order chi connectivity index (χ1) is 16.4. The molecule has 1 atom stereocenters. The number of urea groups is 1. The maximum absolute atomic E-state index is 13.2. The van der Waals surface area contributed by atoms with Gasteiger partial charge in [-0.25, -0.2) is 4.79 Å². The lowest BCUT2D eigenvalue weighted by molar-refractivity contribution is 0.244. The van der Waals surface area contributed by atoms with E-state index in [2.05, 4.69) is 15.5 Å². The van der Waals surface area contributed by atoms with Gasteiger partial charge in [0.1, 0.15) is 0 Å². The number of hydrogen-bond donors (Lipinski definition) is 1. The molecule has 3 aromatic carbocycles. The monoisotopic (exact) mass is 490 g/mol. The maximum atomic E-state index is 13.2. The van der Waals surface area contributed by atoms with Gasteiger partial charge in [-0.05, 0) is 55.8 Å². The lowest BCUT2D eigenvalue weighted by Gasteiger charge is -2.35. The van der Waals surface area contributed by atoms with Crippen LogP contribution in [0.4, 0.5) is 10.5 Å². The minimum Gasteiger partial charge on any atom is -0.334 e. The fourth-order valence-corrected chi connectivity index (χ4v) is 4.23. The summed E-state index contributed by atoms with van der Waals surface area (Å²) in [6, 6.07) is 21.5. The number of benzene rings is 3. The smallest absolute Gasteiger partial charge is 0.326 e. The van der Waals surface area contributed by atoms with E-state index in [9.17, 15) is 4.79 Å². The van der Waals surface area contributed by atoms with E-state index in [1.807, 2.05) is 50.2 Å². The summed E-state index contributed by atoms with van der Waals surface area (Å²) < 4.78 is 5.73. The molecule has 0 saturated carbocycles. The van der Waals surface area contributed by atoms with Gasteiger partial charge in [-0.1, -0.05) is 70.3 Å². The molecule has 0 fully saturated rings. The van der Waals surface area contributed by atoms with Crippen LogP contribution in [0.1, 0.15) is 30.0 Å². The molecule has 34 heavy (non-hydrogen) atoms. The van der Waals surface area contributed by atoms with Crippen molar-refractivity contribution >= 4 is 40.5 Å². The number of rotatable bonds is 4. The van der Waals surface area contributed by atoms with Crippen molar-refractivity contribution in [3.05, 3.63) is 106 Å². The van der Waals surface area contributed by atoms with Gasteiger partial charge in [0.05, 0.1) is 17.3 Å². The Morgan fingerprint density at radius 3 is 2.15 bits per heavy atom. The van der Waals surface area contributed by atoms with Crippen LogP contribution in [-0.2, 0) is 0 Å². The van der Waals surface area contributed by atoms with Crippen LogP contribution in [-0.4, -0.2) is 16.2 Å². The number of nitrogens with zero attached hydrogens (tertiary/aromatic N) is 3. The number of carbonyl (C=O) groups excluding carboxylic acids is 1. The fraction of sp³-hybridized carbons (Fsp3) is 0.115. The van der Waals surface area contributed by atoms with Gasteiger partial charge in [-0.15, -0.1) is 0 Å². The van der Waals surface area contributed by atoms with E-state index in [0.717, 1.165) is 16.7 Å². The van der Waals surface area contributed by atoms with Gasteiger partial charge < -0.3 is 9.84 Å². The van der Waals surface area contributed by atoms with Crippen LogP contribution in [0.2, 0.25) is 10.0 Å². The summed E-state index contributed by atoms with van der Waals surface area (Å²) in [5.41, 5.74) is 4.87. The van der Waals surface area contributed by atoms with Crippen molar-refractivity contribution in [3.63, 3.8) is 0 Å². The quantitative estimate of drug-likeness (QED) is 0.332. The van der Waals surface area contributed by atoms with Crippen LogP contribution < -0.4 is 10.2 Å². The highest BCUT2D eigenvalue weighted by molar-refractivity contribution is 6.31. The van der Waals surface area contributed by atoms with Gasteiger partial charge in [0.15, 0.2) is 0 Å². The molecule has 5 rings (SSSR count). The van der Waals surface area contributed by atoms with Crippen LogP contribution in [0.5, 0.6) is 0 Å². The van der Waals surface area contributed by atoms with Gasteiger partial charge in [0.25, 0.3) is 5.89 Å². The summed E-state index contributed by atoms with van der Waals surface area (Å²) >= 11 is 12.2. The van der Waals surface area contributed by atoms with Gasteiger partial charge in [-0.2, -0.15) is 4.98 Å². The van der Waals surface area contributed by atoms with Crippen molar-refractivity contribution in [1.82, 2.24) is 15.5 Å². The van der Waals surface area contributed by atoms with E-state index in [0.29, 0.717) is 38.7 Å². The van der Waals surface area contributed by atoms with Crippen LogP contribution in [0.3, 0.4) is 0 Å². The molecule has 1 aliphatic heterocycles. The molecule has 0 saturated heterocycles. The third kappa shape index (κ3) is 4.18. The van der Waals surface area contributed by atoms with Gasteiger partial charge in [-0.3, -0.25) is 4.90 Å². The van der Waals surface area contributed by atoms with Crippen LogP contribution in [0.15, 0.2) is 83.0 Å². The summed E-state index contributed by atoms with van der Waals surface area (Å²) in [6.45, 7) is 3.88. The average Bonchev–Trinajstić information content (AvgIpc) is 3.30. The Morgan fingerprint density at radius 1 is 0.882 bits per heavy atom. The highest BCUT2D eigenvalue weighted by Crippen LogP contribution is 2.39. The topological polar surface area (TPSA) is 71.3 Å². The summed E-state index contributed by atoms with van der Waals surface area (Å²) in [4.78, 5) is 19.5. The molecule has 170 valence electrons. The third-order valence-electron chi connectivity index (χ3n) is 5.74. The van der Waals surface area contributed by atoms with E-state index < -0.39 is 6.04 Å². The van der Waals surface area contributed by atoms with Crippen LogP contribution in [0, 0.1) is 6.92 Å². The zero-order valence-electron chi connectivity index (χ0n) is 18.4. The zero-order valence-corrected chi connectivity index (χ0v) is 19.9. The number of allylic oxidation sites excluding steroid dienone is 1. The molecule has 1 unspecified atom stereocenters. The molecular formula is C26H20Cl2N4O2. The molecule has 8 heteroatoms. The Hall–Kier alpha value is -3.61. The van der Waals surface area contributed by atoms with Crippen LogP contribution >= 0.6 is 23.2 Å². The molecule has 6 nitrogen and oxygen atoms in total. The first-order valence-corrected chi connectivity index (χ1v) is 11.4. The Morgan fingerprint density at radius 2 is 1.50 bits per heavy atom.